The van der Waals surface area contributed by atoms with Crippen LogP contribution in [-0.2, 0) is 4.79 Å². The van der Waals surface area contributed by atoms with Gasteiger partial charge in [0.1, 0.15) is 6.04 Å². The Hall–Kier alpha value is -0.650. The van der Waals surface area contributed by atoms with E-state index in [1.54, 1.807) is 0 Å². The molecule has 1 atom stereocenters. The van der Waals surface area contributed by atoms with E-state index in [4.69, 9.17) is 5.73 Å². The number of hydrogen-bond donors (Lipinski definition) is 2. The highest BCUT2D eigenvalue weighted by Crippen LogP contribution is 2.04. The molecule has 0 aromatic rings. The van der Waals surface area contributed by atoms with E-state index in [9.17, 15) is 4.79 Å². The molecule has 88 valence electrons. The van der Waals surface area contributed by atoms with Crippen molar-refractivity contribution in [1.82, 2.24) is 15.1 Å². The van der Waals surface area contributed by atoms with Gasteiger partial charge in [-0.2, -0.15) is 0 Å². The average molecular weight is 214 g/mol. The lowest BCUT2D eigenvalue weighted by molar-refractivity contribution is -0.125. The summed E-state index contributed by atoms with van der Waals surface area (Å²) in [6.45, 7) is 3.99. The molecule has 1 aliphatic rings. The number of nitrogens with two attached hydrogens (primary N) is 1. The Labute approximate surface area is 91.6 Å². The van der Waals surface area contributed by atoms with Crippen LogP contribution in [0, 0.1) is 0 Å². The van der Waals surface area contributed by atoms with Crippen molar-refractivity contribution < 1.29 is 4.79 Å². The third kappa shape index (κ3) is 3.77. The summed E-state index contributed by atoms with van der Waals surface area (Å²) < 4.78 is 0. The van der Waals surface area contributed by atoms with Crippen LogP contribution in [0.4, 0.5) is 0 Å². The van der Waals surface area contributed by atoms with Gasteiger partial charge in [-0.1, -0.05) is 0 Å². The largest absolute Gasteiger partial charge is 0.355 e. The summed E-state index contributed by atoms with van der Waals surface area (Å²) in [5.41, 5.74) is 5.64. The van der Waals surface area contributed by atoms with Crippen molar-refractivity contribution in [3.8, 4) is 0 Å². The molecule has 1 saturated heterocycles. The molecule has 1 unspecified atom stereocenters. The third-order valence-electron chi connectivity index (χ3n) is 2.72. The first kappa shape index (κ1) is 12.4. The second kappa shape index (κ2) is 6.05. The van der Waals surface area contributed by atoms with Crippen molar-refractivity contribution in [3.63, 3.8) is 0 Å². The van der Waals surface area contributed by atoms with Crippen LogP contribution in [0.15, 0.2) is 0 Å². The number of nitrogens with zero attached hydrogens (tertiary/aromatic N) is 2. The van der Waals surface area contributed by atoms with Crippen LogP contribution in [0.1, 0.15) is 6.42 Å². The first-order chi connectivity index (χ1) is 7.15. The number of rotatable bonds is 4. The fraction of sp³-hybridized carbons (Fsp3) is 0.900. The lowest BCUT2D eigenvalue weighted by Gasteiger charge is -2.28. The molecule has 1 aliphatic heterocycles. The van der Waals surface area contributed by atoms with Gasteiger partial charge in [-0.25, -0.2) is 0 Å². The number of nitrogens with one attached hydrogen (secondary N) is 1. The fourth-order valence-corrected chi connectivity index (χ4v) is 1.79. The molecule has 15 heavy (non-hydrogen) atoms. The minimum Gasteiger partial charge on any atom is -0.355 e. The Morgan fingerprint density at radius 1 is 1.60 bits per heavy atom. The lowest BCUT2D eigenvalue weighted by atomic mass is 10.2. The molecule has 5 nitrogen and oxygen atoms in total. The summed E-state index contributed by atoms with van der Waals surface area (Å²) in [7, 11) is 4.07. The molecule has 0 aromatic carbocycles. The zero-order valence-corrected chi connectivity index (χ0v) is 9.70. The minimum atomic E-state index is -0.146. The molecule has 1 rings (SSSR count). The normalized spacial score (nSPS) is 24.0. The molecule has 5 heteroatoms. The topological polar surface area (TPSA) is 61.6 Å². The number of carbonyl (C=O) groups excluding carboxylic acids is 1. The van der Waals surface area contributed by atoms with Crippen molar-refractivity contribution in [2.45, 2.75) is 12.5 Å². The van der Waals surface area contributed by atoms with Gasteiger partial charge in [0.2, 0.25) is 5.91 Å². The number of likely N-dealkylation sites (N-methyl/N-ethyl adjacent to an activating group) is 1. The van der Waals surface area contributed by atoms with Gasteiger partial charge in [0.05, 0.1) is 0 Å². The van der Waals surface area contributed by atoms with Gasteiger partial charge in [-0.3, -0.25) is 9.69 Å². The Morgan fingerprint density at radius 3 is 2.93 bits per heavy atom. The summed E-state index contributed by atoms with van der Waals surface area (Å²) in [4.78, 5) is 16.0. The van der Waals surface area contributed by atoms with Crippen molar-refractivity contribution in [2.24, 2.45) is 5.73 Å². The van der Waals surface area contributed by atoms with Gasteiger partial charge in [-0.05, 0) is 20.5 Å². The Morgan fingerprint density at radius 2 is 2.33 bits per heavy atom. The zero-order valence-electron chi connectivity index (χ0n) is 9.70. The van der Waals surface area contributed by atoms with E-state index in [1.807, 2.05) is 14.1 Å². The summed E-state index contributed by atoms with van der Waals surface area (Å²) >= 11 is 0. The van der Waals surface area contributed by atoms with Gasteiger partial charge in [0.15, 0.2) is 0 Å². The van der Waals surface area contributed by atoms with Crippen LogP contribution in [0.3, 0.4) is 0 Å². The van der Waals surface area contributed by atoms with Crippen LogP contribution in [0.2, 0.25) is 0 Å². The van der Waals surface area contributed by atoms with Crippen LogP contribution in [-0.4, -0.2) is 68.6 Å². The molecule has 0 spiro atoms. The summed E-state index contributed by atoms with van der Waals surface area (Å²) in [6.07, 6.45) is 1.01. The molecule has 0 bridgehead atoms. The smallest absolute Gasteiger partial charge is 0.238 e. The van der Waals surface area contributed by atoms with E-state index < -0.39 is 0 Å². The monoisotopic (exact) mass is 214 g/mol. The van der Waals surface area contributed by atoms with E-state index >= 15 is 0 Å². The van der Waals surface area contributed by atoms with Crippen LogP contribution >= 0.6 is 0 Å². The molecule has 0 aliphatic carbocycles. The zero-order chi connectivity index (χ0) is 11.3. The molecule has 1 heterocycles. The average Bonchev–Trinajstić information content (AvgIpc) is 2.36. The molecule has 1 amide bonds. The van der Waals surface area contributed by atoms with Gasteiger partial charge in [0.25, 0.3) is 0 Å². The van der Waals surface area contributed by atoms with Crippen LogP contribution in [0.5, 0.6) is 0 Å². The second-order valence-electron chi connectivity index (χ2n) is 4.24. The number of amides is 1. The SMILES string of the molecule is CN(C)CCN1CCCNC(=O)C1CN. The van der Waals surface area contributed by atoms with Gasteiger partial charge in [0, 0.05) is 32.7 Å². The number of hydrogen-bond acceptors (Lipinski definition) is 4. The van der Waals surface area contributed by atoms with Crippen LogP contribution < -0.4 is 11.1 Å². The van der Waals surface area contributed by atoms with E-state index in [2.05, 4.69) is 15.1 Å². The van der Waals surface area contributed by atoms with Gasteiger partial charge >= 0.3 is 0 Å². The van der Waals surface area contributed by atoms with Crippen molar-refractivity contribution in [3.05, 3.63) is 0 Å². The Balaban J connectivity index is 2.52. The lowest BCUT2D eigenvalue weighted by Crippen LogP contribution is -2.50. The van der Waals surface area contributed by atoms with Gasteiger partial charge in [-0.15, -0.1) is 0 Å². The summed E-state index contributed by atoms with van der Waals surface area (Å²) in [5, 5.41) is 2.89. The maximum atomic E-state index is 11.7. The fourth-order valence-electron chi connectivity index (χ4n) is 1.79. The Bertz CT molecular complexity index is 208. The molecular formula is C10H22N4O. The maximum absolute atomic E-state index is 11.7. The van der Waals surface area contributed by atoms with E-state index in [1.165, 1.54) is 0 Å². The van der Waals surface area contributed by atoms with Crippen molar-refractivity contribution in [1.29, 1.82) is 0 Å². The highest BCUT2D eigenvalue weighted by Gasteiger charge is 2.26. The molecule has 0 saturated carbocycles. The first-order valence-electron chi connectivity index (χ1n) is 5.51. The van der Waals surface area contributed by atoms with Crippen LogP contribution in [0.25, 0.3) is 0 Å². The molecule has 0 radical (unpaired) electrons. The first-order valence-corrected chi connectivity index (χ1v) is 5.51. The maximum Gasteiger partial charge on any atom is 0.238 e. The summed E-state index contributed by atoms with van der Waals surface area (Å²) in [5.74, 6) is 0.0776. The minimum absolute atomic E-state index is 0.0776. The molecule has 0 aromatic heterocycles. The summed E-state index contributed by atoms with van der Waals surface area (Å²) in [6, 6.07) is -0.146. The van der Waals surface area contributed by atoms with E-state index in [0.29, 0.717) is 6.54 Å². The highest BCUT2D eigenvalue weighted by atomic mass is 16.2. The third-order valence-corrected chi connectivity index (χ3v) is 2.72. The molecule has 3 N–H and O–H groups in total. The second-order valence-corrected chi connectivity index (χ2v) is 4.24. The highest BCUT2D eigenvalue weighted by molar-refractivity contribution is 5.82. The number of carbonyl (C=O) groups is 1. The molecule has 1 fully saturated rings. The quantitative estimate of drug-likeness (QED) is 0.610. The van der Waals surface area contributed by atoms with Gasteiger partial charge < -0.3 is 16.0 Å². The van der Waals surface area contributed by atoms with E-state index in [0.717, 1.165) is 32.6 Å². The predicted octanol–water partition coefficient (Wildman–Crippen LogP) is -1.30. The predicted molar refractivity (Wildman–Crippen MR) is 60.6 cm³/mol. The van der Waals surface area contributed by atoms with Crippen molar-refractivity contribution in [2.75, 3.05) is 46.8 Å². The standard InChI is InChI=1S/C10H22N4O/c1-13(2)6-7-14-5-3-4-12-10(15)9(14)8-11/h9H,3-8,11H2,1-2H3,(H,12,15). The molecular weight excluding hydrogens is 192 g/mol. The van der Waals surface area contributed by atoms with E-state index in [-0.39, 0.29) is 11.9 Å². The van der Waals surface area contributed by atoms with Crippen molar-refractivity contribution >= 4 is 5.91 Å². The Kier molecular flexibility index (Phi) is 5.01.